The number of nitrogens with one attached hydrogen (secondary N) is 1. The van der Waals surface area contributed by atoms with Gasteiger partial charge in [0.2, 0.25) is 0 Å². The van der Waals surface area contributed by atoms with E-state index in [2.05, 4.69) is 16.3 Å². The zero-order valence-corrected chi connectivity index (χ0v) is 15.0. The minimum atomic E-state index is -0.134. The Balaban J connectivity index is 1.64. The first-order valence-electron chi connectivity index (χ1n) is 8.97. The van der Waals surface area contributed by atoms with E-state index in [4.69, 9.17) is 4.74 Å². The number of benzene rings is 2. The number of carbonyl (C=O) groups excluding carboxylic acids is 1. The standard InChI is InChI=1S/C21H26N2O2/c1-16-10-11-17(2)20(14-16)25-15-21(24)22-18-8-4-5-9-19(18)23-12-6-3-7-13-23/h4-5,8-11,14H,3,6-7,12-13,15H2,1-2H3,(H,22,24). The zero-order valence-electron chi connectivity index (χ0n) is 15.0. The number of rotatable bonds is 5. The van der Waals surface area contributed by atoms with Gasteiger partial charge in [-0.25, -0.2) is 0 Å². The summed E-state index contributed by atoms with van der Waals surface area (Å²) in [7, 11) is 0. The van der Waals surface area contributed by atoms with Crippen molar-refractivity contribution in [2.75, 3.05) is 29.9 Å². The van der Waals surface area contributed by atoms with Crippen molar-refractivity contribution in [2.24, 2.45) is 0 Å². The molecule has 2 aromatic carbocycles. The second-order valence-corrected chi connectivity index (χ2v) is 6.67. The quantitative estimate of drug-likeness (QED) is 0.883. The maximum Gasteiger partial charge on any atom is 0.262 e. The number of carbonyl (C=O) groups is 1. The molecule has 0 aliphatic carbocycles. The third-order valence-corrected chi connectivity index (χ3v) is 4.58. The predicted octanol–water partition coefficient (Wildman–Crippen LogP) is 4.31. The summed E-state index contributed by atoms with van der Waals surface area (Å²) >= 11 is 0. The lowest BCUT2D eigenvalue weighted by molar-refractivity contribution is -0.118. The summed E-state index contributed by atoms with van der Waals surface area (Å²) in [6.45, 7) is 6.11. The van der Waals surface area contributed by atoms with Gasteiger partial charge in [0, 0.05) is 13.1 Å². The van der Waals surface area contributed by atoms with E-state index in [1.807, 2.05) is 50.2 Å². The Morgan fingerprint density at radius 3 is 2.64 bits per heavy atom. The van der Waals surface area contributed by atoms with E-state index < -0.39 is 0 Å². The summed E-state index contributed by atoms with van der Waals surface area (Å²) in [6, 6.07) is 14.0. The third kappa shape index (κ3) is 4.53. The number of piperidine rings is 1. The zero-order chi connectivity index (χ0) is 17.6. The lowest BCUT2D eigenvalue weighted by Gasteiger charge is -2.30. The average Bonchev–Trinajstić information content (AvgIpc) is 2.64. The van der Waals surface area contributed by atoms with Crippen LogP contribution in [0.1, 0.15) is 30.4 Å². The van der Waals surface area contributed by atoms with Crippen LogP contribution in [0.2, 0.25) is 0 Å². The van der Waals surface area contributed by atoms with Gasteiger partial charge in [0.15, 0.2) is 6.61 Å². The number of nitrogens with zero attached hydrogens (tertiary/aromatic N) is 1. The van der Waals surface area contributed by atoms with E-state index in [0.29, 0.717) is 0 Å². The molecule has 0 bridgehead atoms. The Hall–Kier alpha value is -2.49. The van der Waals surface area contributed by atoms with E-state index >= 15 is 0 Å². The number of ether oxygens (including phenoxy) is 1. The molecule has 1 fully saturated rings. The van der Waals surface area contributed by atoms with Crippen LogP contribution in [0.3, 0.4) is 0 Å². The van der Waals surface area contributed by atoms with Gasteiger partial charge in [-0.05, 0) is 62.4 Å². The van der Waals surface area contributed by atoms with Crippen LogP contribution in [0, 0.1) is 13.8 Å². The Morgan fingerprint density at radius 2 is 1.84 bits per heavy atom. The Labute approximate surface area is 149 Å². The first-order chi connectivity index (χ1) is 12.1. The van der Waals surface area contributed by atoms with Crippen molar-refractivity contribution in [3.05, 3.63) is 53.6 Å². The minimum Gasteiger partial charge on any atom is -0.483 e. The van der Waals surface area contributed by atoms with Crippen LogP contribution in [-0.2, 0) is 4.79 Å². The van der Waals surface area contributed by atoms with E-state index in [1.54, 1.807) is 0 Å². The fourth-order valence-corrected chi connectivity index (χ4v) is 3.18. The summed E-state index contributed by atoms with van der Waals surface area (Å²) < 4.78 is 5.71. The highest BCUT2D eigenvalue weighted by Gasteiger charge is 2.15. The predicted molar refractivity (Wildman–Crippen MR) is 103 cm³/mol. The van der Waals surface area contributed by atoms with Crippen LogP contribution in [0.15, 0.2) is 42.5 Å². The number of para-hydroxylation sites is 2. The smallest absolute Gasteiger partial charge is 0.262 e. The van der Waals surface area contributed by atoms with Gasteiger partial charge < -0.3 is 15.0 Å². The molecule has 1 amide bonds. The maximum atomic E-state index is 12.4. The summed E-state index contributed by atoms with van der Waals surface area (Å²) in [4.78, 5) is 14.7. The van der Waals surface area contributed by atoms with Crippen molar-refractivity contribution in [3.8, 4) is 5.75 Å². The van der Waals surface area contributed by atoms with Gasteiger partial charge in [-0.15, -0.1) is 0 Å². The highest BCUT2D eigenvalue weighted by molar-refractivity contribution is 5.95. The molecule has 0 radical (unpaired) electrons. The minimum absolute atomic E-state index is 0.0125. The Kier molecular flexibility index (Phi) is 5.59. The number of hydrogen-bond acceptors (Lipinski definition) is 3. The lowest BCUT2D eigenvalue weighted by Crippen LogP contribution is -2.31. The second kappa shape index (κ2) is 8.06. The Bertz CT molecular complexity index is 736. The molecule has 1 heterocycles. The van der Waals surface area contributed by atoms with Gasteiger partial charge in [0.25, 0.3) is 5.91 Å². The maximum absolute atomic E-state index is 12.4. The molecule has 0 spiro atoms. The molecule has 0 unspecified atom stereocenters. The van der Waals surface area contributed by atoms with Crippen molar-refractivity contribution in [1.29, 1.82) is 0 Å². The van der Waals surface area contributed by atoms with Gasteiger partial charge in [0.1, 0.15) is 5.75 Å². The molecule has 25 heavy (non-hydrogen) atoms. The fraction of sp³-hybridized carbons (Fsp3) is 0.381. The van der Waals surface area contributed by atoms with Crippen molar-refractivity contribution in [2.45, 2.75) is 33.1 Å². The molecule has 4 nitrogen and oxygen atoms in total. The molecular formula is C21H26N2O2. The SMILES string of the molecule is Cc1ccc(C)c(OCC(=O)Nc2ccccc2N2CCCCC2)c1. The van der Waals surface area contributed by atoms with Crippen LogP contribution >= 0.6 is 0 Å². The largest absolute Gasteiger partial charge is 0.483 e. The lowest BCUT2D eigenvalue weighted by atomic mass is 10.1. The highest BCUT2D eigenvalue weighted by atomic mass is 16.5. The van der Waals surface area contributed by atoms with Crippen LogP contribution in [0.5, 0.6) is 5.75 Å². The number of hydrogen-bond donors (Lipinski definition) is 1. The Morgan fingerprint density at radius 1 is 1.08 bits per heavy atom. The number of amides is 1. The molecule has 132 valence electrons. The molecule has 1 N–H and O–H groups in total. The van der Waals surface area contributed by atoms with Crippen LogP contribution < -0.4 is 15.0 Å². The van der Waals surface area contributed by atoms with E-state index in [1.165, 1.54) is 19.3 Å². The van der Waals surface area contributed by atoms with Crippen molar-refractivity contribution in [3.63, 3.8) is 0 Å². The van der Waals surface area contributed by atoms with Crippen LogP contribution in [-0.4, -0.2) is 25.6 Å². The normalized spacial score (nSPS) is 14.2. The molecule has 0 atom stereocenters. The van der Waals surface area contributed by atoms with Crippen LogP contribution in [0.25, 0.3) is 0 Å². The molecule has 0 saturated carbocycles. The van der Waals surface area contributed by atoms with Crippen molar-refractivity contribution in [1.82, 2.24) is 0 Å². The van der Waals surface area contributed by atoms with Gasteiger partial charge in [-0.1, -0.05) is 24.3 Å². The highest BCUT2D eigenvalue weighted by Crippen LogP contribution is 2.28. The number of aryl methyl sites for hydroxylation is 2. The van der Waals surface area contributed by atoms with Gasteiger partial charge in [-0.2, -0.15) is 0 Å². The molecule has 3 rings (SSSR count). The van der Waals surface area contributed by atoms with E-state index in [-0.39, 0.29) is 12.5 Å². The second-order valence-electron chi connectivity index (χ2n) is 6.67. The van der Waals surface area contributed by atoms with Crippen LogP contribution in [0.4, 0.5) is 11.4 Å². The third-order valence-electron chi connectivity index (χ3n) is 4.58. The van der Waals surface area contributed by atoms with Gasteiger partial charge in [0.05, 0.1) is 11.4 Å². The summed E-state index contributed by atoms with van der Waals surface area (Å²) in [5.74, 6) is 0.629. The molecule has 1 aliphatic heterocycles. The molecule has 2 aromatic rings. The first kappa shape index (κ1) is 17.3. The first-order valence-corrected chi connectivity index (χ1v) is 8.97. The van der Waals surface area contributed by atoms with E-state index in [9.17, 15) is 4.79 Å². The summed E-state index contributed by atoms with van der Waals surface area (Å²) in [6.07, 6.45) is 3.70. The average molecular weight is 338 g/mol. The molecule has 0 aromatic heterocycles. The molecule has 1 aliphatic rings. The van der Waals surface area contributed by atoms with Crippen molar-refractivity contribution < 1.29 is 9.53 Å². The number of anilines is 2. The molecule has 4 heteroatoms. The molecule has 1 saturated heterocycles. The van der Waals surface area contributed by atoms with Gasteiger partial charge >= 0.3 is 0 Å². The topological polar surface area (TPSA) is 41.6 Å². The monoisotopic (exact) mass is 338 g/mol. The summed E-state index contributed by atoms with van der Waals surface area (Å²) in [5.41, 5.74) is 4.12. The fourth-order valence-electron chi connectivity index (χ4n) is 3.18. The van der Waals surface area contributed by atoms with E-state index in [0.717, 1.165) is 41.3 Å². The van der Waals surface area contributed by atoms with Crippen molar-refractivity contribution >= 4 is 17.3 Å². The summed E-state index contributed by atoms with van der Waals surface area (Å²) in [5, 5.41) is 3.01. The molecular weight excluding hydrogens is 312 g/mol. The van der Waals surface area contributed by atoms with Gasteiger partial charge in [-0.3, -0.25) is 4.79 Å².